The standard InChI is InChI=1S/C27H33FN8O2/c1-31-36-15-10-19(17-35-13-11-21(29)12-14-35)25(36)26(30)32-22-6-8-23(9-7-22)33-27(38)34-24(37)16-18-2-4-20(28)5-3-18/h2-10,15,21,31H,11-14,16-17,29H2,1H3,(H2,30,32)(H2,33,34,37,38). The summed E-state index contributed by atoms with van der Waals surface area (Å²) in [6, 6.07) is 14.0. The van der Waals surface area contributed by atoms with Crippen LogP contribution in [0.1, 0.15) is 29.7 Å². The van der Waals surface area contributed by atoms with Crippen molar-refractivity contribution in [1.29, 1.82) is 5.41 Å². The predicted octanol–water partition coefficient (Wildman–Crippen LogP) is 3.05. The Morgan fingerprint density at radius 3 is 2.26 bits per heavy atom. The van der Waals surface area contributed by atoms with Crippen LogP contribution in [0.2, 0.25) is 0 Å². The number of amides is 3. The van der Waals surface area contributed by atoms with E-state index in [1.165, 1.54) is 24.3 Å². The van der Waals surface area contributed by atoms with Crippen molar-refractivity contribution < 1.29 is 14.0 Å². The minimum Gasteiger partial charge on any atom is -0.339 e. The Labute approximate surface area is 220 Å². The number of imide groups is 1. The maximum Gasteiger partial charge on any atom is 0.325 e. The number of rotatable bonds is 8. The summed E-state index contributed by atoms with van der Waals surface area (Å²) in [5.74, 6) is -0.658. The fourth-order valence-electron chi connectivity index (χ4n) is 4.38. The minimum absolute atomic E-state index is 0.0414. The van der Waals surface area contributed by atoms with Crippen molar-refractivity contribution in [1.82, 2.24) is 14.9 Å². The molecule has 11 heteroatoms. The molecule has 1 aliphatic rings. The zero-order valence-electron chi connectivity index (χ0n) is 21.3. The summed E-state index contributed by atoms with van der Waals surface area (Å²) in [6.07, 6.45) is 3.80. The lowest BCUT2D eigenvalue weighted by Gasteiger charge is -2.30. The van der Waals surface area contributed by atoms with Crippen molar-refractivity contribution >= 4 is 29.1 Å². The van der Waals surface area contributed by atoms with E-state index in [9.17, 15) is 14.0 Å². The molecular weight excluding hydrogens is 487 g/mol. The first-order chi connectivity index (χ1) is 18.3. The molecule has 1 aromatic heterocycles. The Bertz CT molecular complexity index is 1270. The summed E-state index contributed by atoms with van der Waals surface area (Å²) in [6.45, 7) is 2.61. The number of carbonyl (C=O) groups is 2. The van der Waals surface area contributed by atoms with Crippen LogP contribution in [0, 0.1) is 11.2 Å². The molecule has 200 valence electrons. The van der Waals surface area contributed by atoms with Crippen molar-refractivity contribution in [2.45, 2.75) is 31.8 Å². The molecule has 1 fully saturated rings. The first-order valence-electron chi connectivity index (χ1n) is 12.5. The molecule has 0 spiro atoms. The van der Waals surface area contributed by atoms with Gasteiger partial charge in [0.25, 0.3) is 0 Å². The number of nitrogens with two attached hydrogens (primary N) is 1. The lowest BCUT2D eigenvalue weighted by atomic mass is 10.1. The van der Waals surface area contributed by atoms with E-state index in [2.05, 4.69) is 26.3 Å². The molecule has 1 aliphatic heterocycles. The van der Waals surface area contributed by atoms with Gasteiger partial charge in [0.05, 0.1) is 6.42 Å². The van der Waals surface area contributed by atoms with Crippen LogP contribution in [-0.2, 0) is 17.8 Å². The molecule has 0 atom stereocenters. The highest BCUT2D eigenvalue weighted by Gasteiger charge is 2.20. The zero-order valence-corrected chi connectivity index (χ0v) is 21.3. The van der Waals surface area contributed by atoms with Crippen molar-refractivity contribution in [3.05, 3.63) is 83.4 Å². The van der Waals surface area contributed by atoms with Gasteiger partial charge in [-0.05, 0) is 79.5 Å². The number of urea groups is 1. The number of hydrogen-bond donors (Lipinski definition) is 6. The van der Waals surface area contributed by atoms with Crippen LogP contribution in [0.3, 0.4) is 0 Å². The largest absolute Gasteiger partial charge is 0.339 e. The Balaban J connectivity index is 1.32. The van der Waals surface area contributed by atoms with Crippen LogP contribution in [0.25, 0.3) is 0 Å². The molecule has 1 saturated heterocycles. The third-order valence-corrected chi connectivity index (χ3v) is 6.42. The number of nitrogens with zero attached hydrogens (tertiary/aromatic N) is 2. The zero-order chi connectivity index (χ0) is 27.1. The topological polar surface area (TPSA) is 140 Å². The van der Waals surface area contributed by atoms with E-state index in [1.54, 1.807) is 31.3 Å². The Morgan fingerprint density at radius 1 is 1.00 bits per heavy atom. The molecule has 2 aromatic carbocycles. The van der Waals surface area contributed by atoms with Crippen LogP contribution in [-0.4, -0.2) is 53.5 Å². The van der Waals surface area contributed by atoms with E-state index in [-0.39, 0.29) is 24.1 Å². The van der Waals surface area contributed by atoms with Gasteiger partial charge in [-0.25, -0.2) is 9.18 Å². The second-order valence-electron chi connectivity index (χ2n) is 9.28. The second-order valence-corrected chi connectivity index (χ2v) is 9.28. The molecule has 3 amide bonds. The number of benzene rings is 2. The van der Waals surface area contributed by atoms with E-state index in [4.69, 9.17) is 11.1 Å². The Kier molecular flexibility index (Phi) is 8.72. The summed E-state index contributed by atoms with van der Waals surface area (Å²) >= 11 is 0. The van der Waals surface area contributed by atoms with Crippen LogP contribution < -0.4 is 27.1 Å². The van der Waals surface area contributed by atoms with Crippen molar-refractivity contribution in [2.75, 3.05) is 36.2 Å². The minimum atomic E-state index is -0.666. The van der Waals surface area contributed by atoms with Crippen molar-refractivity contribution in [3.8, 4) is 0 Å². The second kappa shape index (κ2) is 12.3. The predicted molar refractivity (Wildman–Crippen MR) is 146 cm³/mol. The lowest BCUT2D eigenvalue weighted by Crippen LogP contribution is -2.39. The van der Waals surface area contributed by atoms with Crippen LogP contribution in [0.15, 0.2) is 60.8 Å². The van der Waals surface area contributed by atoms with Gasteiger partial charge in [-0.1, -0.05) is 12.1 Å². The first kappa shape index (κ1) is 26.8. The maximum absolute atomic E-state index is 13.0. The first-order valence-corrected chi connectivity index (χ1v) is 12.5. The van der Waals surface area contributed by atoms with Gasteiger partial charge in [0.15, 0.2) is 0 Å². The van der Waals surface area contributed by atoms with E-state index < -0.39 is 11.9 Å². The van der Waals surface area contributed by atoms with Crippen molar-refractivity contribution in [3.63, 3.8) is 0 Å². The number of piperidine rings is 1. The van der Waals surface area contributed by atoms with Crippen molar-refractivity contribution in [2.24, 2.45) is 5.73 Å². The number of nitrogens with one attached hydrogen (secondary N) is 5. The van der Waals surface area contributed by atoms with Gasteiger partial charge in [0.2, 0.25) is 5.91 Å². The molecule has 4 rings (SSSR count). The Morgan fingerprint density at radius 2 is 1.63 bits per heavy atom. The van der Waals surface area contributed by atoms with Gasteiger partial charge in [-0.15, -0.1) is 0 Å². The average Bonchev–Trinajstić information content (AvgIpc) is 3.30. The number of aromatic nitrogens is 1. The third-order valence-electron chi connectivity index (χ3n) is 6.42. The highest BCUT2D eigenvalue weighted by Crippen LogP contribution is 2.19. The molecule has 38 heavy (non-hydrogen) atoms. The molecule has 0 bridgehead atoms. The highest BCUT2D eigenvalue weighted by atomic mass is 19.1. The number of anilines is 2. The van der Waals surface area contributed by atoms with E-state index in [1.807, 2.05) is 16.9 Å². The number of amidine groups is 1. The molecule has 0 radical (unpaired) electrons. The quantitative estimate of drug-likeness (QED) is 0.199. The number of hydrogen-bond acceptors (Lipinski definition) is 6. The SMILES string of the molecule is CNn1ccc(CN2CCC(N)CC2)c1C(=N)Nc1ccc(NC(=O)NC(=O)Cc2ccc(F)cc2)cc1. The fourth-order valence-corrected chi connectivity index (χ4v) is 4.38. The summed E-state index contributed by atoms with van der Waals surface area (Å²) < 4.78 is 14.8. The molecule has 3 aromatic rings. The monoisotopic (exact) mass is 520 g/mol. The van der Waals surface area contributed by atoms with Gasteiger partial charge in [0.1, 0.15) is 17.3 Å². The molecular formula is C27H33FN8O2. The van der Waals surface area contributed by atoms with Gasteiger partial charge in [-0.2, -0.15) is 0 Å². The molecule has 7 N–H and O–H groups in total. The molecule has 10 nitrogen and oxygen atoms in total. The van der Waals surface area contributed by atoms with Gasteiger partial charge in [-0.3, -0.25) is 25.1 Å². The van der Waals surface area contributed by atoms with Crippen LogP contribution in [0.5, 0.6) is 0 Å². The van der Waals surface area contributed by atoms with Crippen LogP contribution >= 0.6 is 0 Å². The third kappa shape index (κ3) is 7.17. The smallest absolute Gasteiger partial charge is 0.325 e. The lowest BCUT2D eigenvalue weighted by molar-refractivity contribution is -0.119. The number of halogens is 1. The summed E-state index contributed by atoms with van der Waals surface area (Å²) in [5, 5.41) is 16.7. The summed E-state index contributed by atoms with van der Waals surface area (Å²) in [4.78, 5) is 26.6. The number of likely N-dealkylation sites (tertiary alicyclic amines) is 1. The van der Waals surface area contributed by atoms with Gasteiger partial charge in [0, 0.05) is 37.2 Å². The van der Waals surface area contributed by atoms with Gasteiger partial charge >= 0.3 is 6.03 Å². The highest BCUT2D eigenvalue weighted by molar-refractivity contribution is 6.06. The van der Waals surface area contributed by atoms with E-state index >= 15 is 0 Å². The molecule has 0 aliphatic carbocycles. The van der Waals surface area contributed by atoms with Crippen LogP contribution in [0.4, 0.5) is 20.6 Å². The average molecular weight is 521 g/mol. The van der Waals surface area contributed by atoms with Gasteiger partial charge < -0.3 is 21.8 Å². The Hall–Kier alpha value is -4.22. The summed E-state index contributed by atoms with van der Waals surface area (Å²) in [7, 11) is 1.80. The molecule has 2 heterocycles. The molecule has 0 unspecified atom stereocenters. The maximum atomic E-state index is 13.0. The van der Waals surface area contributed by atoms with E-state index in [0.29, 0.717) is 16.9 Å². The summed E-state index contributed by atoms with van der Waals surface area (Å²) in [5.41, 5.74) is 12.7. The fraction of sp³-hybridized carbons (Fsp3) is 0.296. The molecule has 0 saturated carbocycles. The number of carbonyl (C=O) groups excluding carboxylic acids is 2. The normalized spacial score (nSPS) is 14.1. The van der Waals surface area contributed by atoms with E-state index in [0.717, 1.165) is 43.7 Å².